The minimum Gasteiger partial charge on any atom is -0.392 e. The molecule has 1 aliphatic rings. The van der Waals surface area contributed by atoms with Gasteiger partial charge in [-0.15, -0.1) is 0 Å². The number of carbonyl (C=O) groups excluding carboxylic acids is 1. The number of ether oxygens (including phenoxy) is 1. The first-order valence-electron chi connectivity index (χ1n) is 6.54. The Balaban J connectivity index is 2.17. The van der Waals surface area contributed by atoms with Gasteiger partial charge in [-0.05, 0) is 25.8 Å². The molecule has 1 aromatic carbocycles. The van der Waals surface area contributed by atoms with Crippen molar-refractivity contribution in [3.8, 4) is 0 Å². The fourth-order valence-electron chi connectivity index (χ4n) is 2.28. The molecule has 8 heteroatoms. The van der Waals surface area contributed by atoms with Gasteiger partial charge in [-0.25, -0.2) is 0 Å². The Morgan fingerprint density at radius 3 is 2.90 bits per heavy atom. The van der Waals surface area contributed by atoms with E-state index in [1.165, 1.54) is 6.07 Å². The van der Waals surface area contributed by atoms with Gasteiger partial charge in [-0.1, -0.05) is 11.6 Å². The van der Waals surface area contributed by atoms with Gasteiger partial charge in [-0.2, -0.15) is 0 Å². The predicted octanol–water partition coefficient (Wildman–Crippen LogP) is 2.13. The fourth-order valence-corrected chi connectivity index (χ4v) is 2.50. The minimum absolute atomic E-state index is 0.00491. The molecule has 1 aliphatic heterocycles. The standard InChI is InChI=1S/C13H16ClN3O4/c1-7-4-9(2-3-21-7)16-13(18)8-5-10(14)12(15)11(6-8)17(19)20/h5-7,9H,2-4,15H2,1H3,(H,16,18). The van der Waals surface area contributed by atoms with Gasteiger partial charge in [0, 0.05) is 24.3 Å². The largest absolute Gasteiger partial charge is 0.392 e. The molecule has 114 valence electrons. The third kappa shape index (κ3) is 3.62. The quantitative estimate of drug-likeness (QED) is 0.505. The number of nitro groups is 1. The summed E-state index contributed by atoms with van der Waals surface area (Å²) in [7, 11) is 0. The molecule has 1 heterocycles. The molecule has 7 nitrogen and oxygen atoms in total. The smallest absolute Gasteiger partial charge is 0.294 e. The van der Waals surface area contributed by atoms with Gasteiger partial charge in [0.15, 0.2) is 0 Å². The third-order valence-electron chi connectivity index (χ3n) is 3.39. The highest BCUT2D eigenvalue weighted by molar-refractivity contribution is 6.34. The molecule has 1 amide bonds. The Morgan fingerprint density at radius 2 is 2.29 bits per heavy atom. The molecular formula is C13H16ClN3O4. The molecule has 2 atom stereocenters. The number of halogens is 1. The summed E-state index contributed by atoms with van der Waals surface area (Å²) in [5.41, 5.74) is 5.15. The molecule has 0 radical (unpaired) electrons. The van der Waals surface area contributed by atoms with E-state index in [-0.39, 0.29) is 34.1 Å². The molecule has 0 aromatic heterocycles. The van der Waals surface area contributed by atoms with E-state index in [2.05, 4.69) is 5.32 Å². The second kappa shape index (κ2) is 6.28. The van der Waals surface area contributed by atoms with Crippen LogP contribution in [-0.2, 0) is 4.74 Å². The van der Waals surface area contributed by atoms with Gasteiger partial charge in [-0.3, -0.25) is 14.9 Å². The molecule has 21 heavy (non-hydrogen) atoms. The Labute approximate surface area is 126 Å². The second-order valence-electron chi connectivity index (χ2n) is 5.02. The topological polar surface area (TPSA) is 107 Å². The van der Waals surface area contributed by atoms with Crippen LogP contribution in [0, 0.1) is 10.1 Å². The molecular weight excluding hydrogens is 298 g/mol. The first-order chi connectivity index (χ1) is 9.88. The van der Waals surface area contributed by atoms with Crippen molar-refractivity contribution in [2.45, 2.75) is 31.9 Å². The van der Waals surface area contributed by atoms with E-state index >= 15 is 0 Å². The number of carbonyl (C=O) groups is 1. The highest BCUT2D eigenvalue weighted by atomic mass is 35.5. The summed E-state index contributed by atoms with van der Waals surface area (Å²) in [6.07, 6.45) is 1.49. The zero-order valence-electron chi connectivity index (χ0n) is 11.5. The van der Waals surface area contributed by atoms with E-state index in [0.717, 1.165) is 6.07 Å². The van der Waals surface area contributed by atoms with Crippen LogP contribution in [0.2, 0.25) is 5.02 Å². The van der Waals surface area contributed by atoms with Crippen LogP contribution < -0.4 is 11.1 Å². The van der Waals surface area contributed by atoms with Crippen molar-refractivity contribution in [1.29, 1.82) is 0 Å². The zero-order valence-corrected chi connectivity index (χ0v) is 12.2. The van der Waals surface area contributed by atoms with Crippen LogP contribution in [-0.4, -0.2) is 29.6 Å². The molecule has 0 saturated carbocycles. The number of hydrogen-bond acceptors (Lipinski definition) is 5. The molecule has 0 aliphatic carbocycles. The average molecular weight is 314 g/mol. The number of nitro benzene ring substituents is 1. The number of benzene rings is 1. The van der Waals surface area contributed by atoms with Crippen molar-refractivity contribution >= 4 is 28.9 Å². The van der Waals surface area contributed by atoms with Gasteiger partial charge in [0.25, 0.3) is 11.6 Å². The Morgan fingerprint density at radius 1 is 1.57 bits per heavy atom. The summed E-state index contributed by atoms with van der Waals surface area (Å²) in [6, 6.07) is 2.46. The SMILES string of the molecule is CC1CC(NC(=O)c2cc(Cl)c(N)c([N+](=O)[O-])c2)CCO1. The molecule has 1 aromatic rings. The normalized spacial score (nSPS) is 21.8. The number of nitrogen functional groups attached to an aromatic ring is 1. The van der Waals surface area contributed by atoms with Gasteiger partial charge in [0.1, 0.15) is 5.69 Å². The van der Waals surface area contributed by atoms with E-state index in [1.807, 2.05) is 6.92 Å². The summed E-state index contributed by atoms with van der Waals surface area (Å²) < 4.78 is 5.40. The van der Waals surface area contributed by atoms with E-state index in [4.69, 9.17) is 22.1 Å². The first kappa shape index (κ1) is 15.5. The highest BCUT2D eigenvalue weighted by Gasteiger charge is 2.24. The van der Waals surface area contributed by atoms with Crippen molar-refractivity contribution in [2.75, 3.05) is 12.3 Å². The van der Waals surface area contributed by atoms with Crippen LogP contribution in [0.4, 0.5) is 11.4 Å². The Kier molecular flexibility index (Phi) is 4.64. The molecule has 1 saturated heterocycles. The van der Waals surface area contributed by atoms with Crippen LogP contribution in [0.3, 0.4) is 0 Å². The number of anilines is 1. The number of nitrogens with zero attached hydrogens (tertiary/aromatic N) is 1. The maximum atomic E-state index is 12.2. The minimum atomic E-state index is -0.658. The van der Waals surface area contributed by atoms with Crippen molar-refractivity contribution in [3.63, 3.8) is 0 Å². The number of hydrogen-bond donors (Lipinski definition) is 2. The van der Waals surface area contributed by atoms with E-state index in [1.54, 1.807) is 0 Å². The Bertz CT molecular complexity index is 579. The summed E-state index contributed by atoms with van der Waals surface area (Å²) in [5.74, 6) is -0.404. The fraction of sp³-hybridized carbons (Fsp3) is 0.462. The van der Waals surface area contributed by atoms with Crippen LogP contribution in [0.25, 0.3) is 0 Å². The van der Waals surface area contributed by atoms with Crippen molar-refractivity contribution in [1.82, 2.24) is 5.32 Å². The van der Waals surface area contributed by atoms with Gasteiger partial charge >= 0.3 is 0 Å². The molecule has 2 unspecified atom stereocenters. The summed E-state index contributed by atoms with van der Waals surface area (Å²) in [5, 5.41) is 13.7. The molecule has 1 fully saturated rings. The highest BCUT2D eigenvalue weighted by Crippen LogP contribution is 2.31. The molecule has 3 N–H and O–H groups in total. The van der Waals surface area contributed by atoms with Crippen molar-refractivity contribution < 1.29 is 14.5 Å². The van der Waals surface area contributed by atoms with Crippen LogP contribution in [0.1, 0.15) is 30.1 Å². The van der Waals surface area contributed by atoms with E-state index in [9.17, 15) is 14.9 Å². The summed E-state index contributed by atoms with van der Waals surface area (Å²) in [4.78, 5) is 22.4. The molecule has 0 spiro atoms. The number of nitrogens with one attached hydrogen (secondary N) is 1. The predicted molar refractivity (Wildman–Crippen MR) is 78.4 cm³/mol. The maximum Gasteiger partial charge on any atom is 0.294 e. The van der Waals surface area contributed by atoms with Gasteiger partial charge in [0.05, 0.1) is 16.0 Å². The maximum absolute atomic E-state index is 12.2. The number of amides is 1. The lowest BCUT2D eigenvalue weighted by molar-refractivity contribution is -0.383. The summed E-state index contributed by atoms with van der Waals surface area (Å²) in [6.45, 7) is 2.51. The van der Waals surface area contributed by atoms with Crippen molar-refractivity contribution in [2.24, 2.45) is 0 Å². The zero-order chi connectivity index (χ0) is 15.6. The van der Waals surface area contributed by atoms with E-state index in [0.29, 0.717) is 19.4 Å². The third-order valence-corrected chi connectivity index (χ3v) is 3.70. The lowest BCUT2D eigenvalue weighted by Gasteiger charge is -2.27. The van der Waals surface area contributed by atoms with E-state index < -0.39 is 10.8 Å². The van der Waals surface area contributed by atoms with Crippen LogP contribution >= 0.6 is 11.6 Å². The number of nitrogens with two attached hydrogens (primary N) is 1. The summed E-state index contributed by atoms with van der Waals surface area (Å²) >= 11 is 5.84. The van der Waals surface area contributed by atoms with Crippen molar-refractivity contribution in [3.05, 3.63) is 32.8 Å². The Hall–Kier alpha value is -1.86. The number of rotatable bonds is 3. The lowest BCUT2D eigenvalue weighted by atomic mass is 10.0. The average Bonchev–Trinajstić information content (AvgIpc) is 2.41. The lowest BCUT2D eigenvalue weighted by Crippen LogP contribution is -2.41. The molecule has 2 rings (SSSR count). The van der Waals surface area contributed by atoms with Crippen LogP contribution in [0.5, 0.6) is 0 Å². The monoisotopic (exact) mass is 313 g/mol. The first-order valence-corrected chi connectivity index (χ1v) is 6.92. The van der Waals surface area contributed by atoms with Gasteiger partial charge in [0.2, 0.25) is 0 Å². The molecule has 0 bridgehead atoms. The van der Waals surface area contributed by atoms with Gasteiger partial charge < -0.3 is 15.8 Å². The van der Waals surface area contributed by atoms with Crippen LogP contribution in [0.15, 0.2) is 12.1 Å². The second-order valence-corrected chi connectivity index (χ2v) is 5.43.